The van der Waals surface area contributed by atoms with Gasteiger partial charge in [0.15, 0.2) is 0 Å². The molecule has 0 fully saturated rings. The van der Waals surface area contributed by atoms with Crippen LogP contribution in [-0.4, -0.2) is 4.92 Å². The highest BCUT2D eigenvalue weighted by molar-refractivity contribution is 6.30. The van der Waals surface area contributed by atoms with E-state index in [2.05, 4.69) is 5.32 Å². The van der Waals surface area contributed by atoms with Gasteiger partial charge < -0.3 is 5.32 Å². The SMILES string of the molecule is O=[N+]([O-])c1ccc(NC2CCc3cc(Cl)ccc32)cc1. The number of fused-ring (bicyclic) bond motifs is 1. The summed E-state index contributed by atoms with van der Waals surface area (Å²) in [6.45, 7) is 0. The lowest BCUT2D eigenvalue weighted by molar-refractivity contribution is -0.384. The lowest BCUT2D eigenvalue weighted by atomic mass is 10.1. The van der Waals surface area contributed by atoms with Crippen molar-refractivity contribution in [1.29, 1.82) is 0 Å². The first-order valence-corrected chi connectivity index (χ1v) is 6.80. The van der Waals surface area contributed by atoms with Crippen LogP contribution in [0.5, 0.6) is 0 Å². The standard InChI is InChI=1S/C15H13ClN2O2/c16-11-2-7-14-10(9-11)1-8-15(14)17-12-3-5-13(6-4-12)18(19)20/h2-7,9,15,17H,1,8H2. The fourth-order valence-electron chi connectivity index (χ4n) is 2.62. The molecule has 0 aliphatic heterocycles. The summed E-state index contributed by atoms with van der Waals surface area (Å²) < 4.78 is 0. The van der Waals surface area contributed by atoms with Gasteiger partial charge in [-0.2, -0.15) is 0 Å². The average molecular weight is 289 g/mol. The maximum absolute atomic E-state index is 10.6. The van der Waals surface area contributed by atoms with Gasteiger partial charge in [0.2, 0.25) is 0 Å². The van der Waals surface area contributed by atoms with E-state index in [0.717, 1.165) is 23.6 Å². The first-order chi connectivity index (χ1) is 9.63. The molecule has 3 rings (SSSR count). The van der Waals surface area contributed by atoms with E-state index in [1.165, 1.54) is 23.3 Å². The highest BCUT2D eigenvalue weighted by Gasteiger charge is 2.22. The molecule has 2 aromatic rings. The predicted octanol–water partition coefficient (Wildman–Crippen LogP) is 4.35. The van der Waals surface area contributed by atoms with Crippen molar-refractivity contribution in [3.8, 4) is 0 Å². The highest BCUT2D eigenvalue weighted by Crippen LogP contribution is 2.35. The molecule has 0 radical (unpaired) electrons. The first kappa shape index (κ1) is 12.9. The summed E-state index contributed by atoms with van der Waals surface area (Å²) >= 11 is 5.99. The zero-order chi connectivity index (χ0) is 14.1. The Kier molecular flexibility index (Phi) is 3.32. The van der Waals surface area contributed by atoms with E-state index >= 15 is 0 Å². The number of non-ortho nitro benzene ring substituents is 1. The number of hydrogen-bond acceptors (Lipinski definition) is 3. The van der Waals surface area contributed by atoms with Crippen LogP contribution in [0.15, 0.2) is 42.5 Å². The van der Waals surface area contributed by atoms with E-state index in [0.29, 0.717) is 0 Å². The average Bonchev–Trinajstić information content (AvgIpc) is 2.81. The molecule has 102 valence electrons. The molecule has 0 saturated heterocycles. The Morgan fingerprint density at radius 1 is 1.20 bits per heavy atom. The number of rotatable bonds is 3. The van der Waals surface area contributed by atoms with Crippen molar-refractivity contribution in [2.24, 2.45) is 0 Å². The van der Waals surface area contributed by atoms with Crippen molar-refractivity contribution in [3.05, 3.63) is 68.7 Å². The number of nitro groups is 1. The molecule has 0 saturated carbocycles. The monoisotopic (exact) mass is 288 g/mol. The van der Waals surface area contributed by atoms with Crippen LogP contribution in [0, 0.1) is 10.1 Å². The second-order valence-electron chi connectivity index (χ2n) is 4.88. The third-order valence-corrected chi connectivity index (χ3v) is 3.84. The van der Waals surface area contributed by atoms with E-state index in [1.807, 2.05) is 18.2 Å². The van der Waals surface area contributed by atoms with Gasteiger partial charge in [0, 0.05) is 22.8 Å². The third-order valence-electron chi connectivity index (χ3n) is 3.60. The molecule has 4 nitrogen and oxygen atoms in total. The lowest BCUT2D eigenvalue weighted by Crippen LogP contribution is -2.06. The molecule has 20 heavy (non-hydrogen) atoms. The number of aryl methyl sites for hydroxylation is 1. The molecule has 1 atom stereocenters. The maximum atomic E-state index is 10.6. The Hall–Kier alpha value is -2.07. The Labute approximate surface area is 121 Å². The molecular weight excluding hydrogens is 276 g/mol. The van der Waals surface area contributed by atoms with Crippen molar-refractivity contribution in [1.82, 2.24) is 0 Å². The van der Waals surface area contributed by atoms with Crippen molar-refractivity contribution >= 4 is 23.0 Å². The molecular formula is C15H13ClN2O2. The van der Waals surface area contributed by atoms with Crippen LogP contribution in [0.3, 0.4) is 0 Å². The summed E-state index contributed by atoms with van der Waals surface area (Å²) in [5.74, 6) is 0. The van der Waals surface area contributed by atoms with Crippen LogP contribution in [0.25, 0.3) is 0 Å². The molecule has 1 aliphatic carbocycles. The minimum Gasteiger partial charge on any atom is -0.378 e. The van der Waals surface area contributed by atoms with Gasteiger partial charge in [-0.1, -0.05) is 17.7 Å². The zero-order valence-electron chi connectivity index (χ0n) is 10.7. The molecule has 5 heteroatoms. The fourth-order valence-corrected chi connectivity index (χ4v) is 2.81. The van der Waals surface area contributed by atoms with Crippen molar-refractivity contribution in [2.45, 2.75) is 18.9 Å². The number of nitrogens with one attached hydrogen (secondary N) is 1. The van der Waals surface area contributed by atoms with E-state index in [4.69, 9.17) is 11.6 Å². The summed E-state index contributed by atoms with van der Waals surface area (Å²) in [5.41, 5.74) is 3.53. The van der Waals surface area contributed by atoms with Gasteiger partial charge in [0.1, 0.15) is 0 Å². The molecule has 0 heterocycles. The number of benzene rings is 2. The highest BCUT2D eigenvalue weighted by atomic mass is 35.5. The summed E-state index contributed by atoms with van der Waals surface area (Å²) in [4.78, 5) is 10.2. The normalized spacial score (nSPS) is 16.8. The Balaban J connectivity index is 1.78. The van der Waals surface area contributed by atoms with Crippen molar-refractivity contribution in [2.75, 3.05) is 5.32 Å². The van der Waals surface area contributed by atoms with Crippen LogP contribution in [0.1, 0.15) is 23.6 Å². The van der Waals surface area contributed by atoms with Gasteiger partial charge in [-0.15, -0.1) is 0 Å². The molecule has 2 aromatic carbocycles. The predicted molar refractivity (Wildman–Crippen MR) is 79.2 cm³/mol. The van der Waals surface area contributed by atoms with Gasteiger partial charge in [0.25, 0.3) is 5.69 Å². The second kappa shape index (κ2) is 5.13. The van der Waals surface area contributed by atoms with Gasteiger partial charge in [-0.25, -0.2) is 0 Å². The summed E-state index contributed by atoms with van der Waals surface area (Å²) in [5, 5.41) is 14.8. The van der Waals surface area contributed by atoms with Crippen LogP contribution in [0.2, 0.25) is 5.02 Å². The topological polar surface area (TPSA) is 55.2 Å². The third kappa shape index (κ3) is 2.47. The van der Waals surface area contributed by atoms with Crippen LogP contribution >= 0.6 is 11.6 Å². The zero-order valence-corrected chi connectivity index (χ0v) is 11.4. The molecule has 0 bridgehead atoms. The van der Waals surface area contributed by atoms with Gasteiger partial charge in [-0.3, -0.25) is 10.1 Å². The number of anilines is 1. The Bertz CT molecular complexity index is 655. The van der Waals surface area contributed by atoms with E-state index in [9.17, 15) is 10.1 Å². The van der Waals surface area contributed by atoms with E-state index < -0.39 is 4.92 Å². The smallest absolute Gasteiger partial charge is 0.269 e. The largest absolute Gasteiger partial charge is 0.378 e. The minimum atomic E-state index is -0.392. The number of nitro benzene ring substituents is 1. The van der Waals surface area contributed by atoms with Crippen molar-refractivity contribution < 1.29 is 4.92 Å². The van der Waals surface area contributed by atoms with Crippen LogP contribution in [0.4, 0.5) is 11.4 Å². The van der Waals surface area contributed by atoms with Crippen molar-refractivity contribution in [3.63, 3.8) is 0 Å². The second-order valence-corrected chi connectivity index (χ2v) is 5.32. The fraction of sp³-hybridized carbons (Fsp3) is 0.200. The molecule has 1 N–H and O–H groups in total. The number of hydrogen-bond donors (Lipinski definition) is 1. The molecule has 0 aromatic heterocycles. The van der Waals surface area contributed by atoms with Crippen LogP contribution in [-0.2, 0) is 6.42 Å². The Morgan fingerprint density at radius 2 is 1.95 bits per heavy atom. The van der Waals surface area contributed by atoms with Gasteiger partial charge >= 0.3 is 0 Å². The Morgan fingerprint density at radius 3 is 2.65 bits per heavy atom. The maximum Gasteiger partial charge on any atom is 0.269 e. The summed E-state index contributed by atoms with van der Waals surface area (Å²) in [7, 11) is 0. The molecule has 1 aliphatic rings. The van der Waals surface area contributed by atoms with Gasteiger partial charge in [-0.05, 0) is 48.2 Å². The van der Waals surface area contributed by atoms with Crippen LogP contribution < -0.4 is 5.32 Å². The lowest BCUT2D eigenvalue weighted by Gasteiger charge is -2.15. The van der Waals surface area contributed by atoms with E-state index in [-0.39, 0.29) is 11.7 Å². The number of nitrogens with zero attached hydrogens (tertiary/aromatic N) is 1. The van der Waals surface area contributed by atoms with Gasteiger partial charge in [0.05, 0.1) is 11.0 Å². The molecule has 0 amide bonds. The minimum absolute atomic E-state index is 0.106. The first-order valence-electron chi connectivity index (χ1n) is 6.43. The summed E-state index contributed by atoms with van der Waals surface area (Å²) in [6, 6.07) is 12.7. The van der Waals surface area contributed by atoms with E-state index in [1.54, 1.807) is 12.1 Å². The quantitative estimate of drug-likeness (QED) is 0.675. The number of halogens is 1. The molecule has 1 unspecified atom stereocenters. The molecule has 0 spiro atoms. The summed E-state index contributed by atoms with van der Waals surface area (Å²) in [6.07, 6.45) is 2.01.